The fourth-order valence-electron chi connectivity index (χ4n) is 2.44. The lowest BCUT2D eigenvalue weighted by atomic mass is 10.1. The van der Waals surface area contributed by atoms with Crippen LogP contribution in [-0.4, -0.2) is 31.1 Å². The van der Waals surface area contributed by atoms with Gasteiger partial charge in [0, 0.05) is 12.6 Å². The van der Waals surface area contributed by atoms with Crippen LogP contribution in [0.3, 0.4) is 0 Å². The molecule has 0 aromatic heterocycles. The van der Waals surface area contributed by atoms with E-state index in [-0.39, 0.29) is 5.82 Å². The number of hydrogen-bond donors (Lipinski definition) is 1. The number of likely N-dealkylation sites (tertiary alicyclic amines) is 1. The van der Waals surface area contributed by atoms with Gasteiger partial charge in [-0.2, -0.15) is 0 Å². The first-order valence-electron chi connectivity index (χ1n) is 6.52. The highest BCUT2D eigenvalue weighted by atomic mass is 19.1. The van der Waals surface area contributed by atoms with Crippen LogP contribution in [0.25, 0.3) is 0 Å². The molecule has 2 N–H and O–H groups in total. The van der Waals surface area contributed by atoms with Crippen molar-refractivity contribution in [2.24, 2.45) is 5.73 Å². The Morgan fingerprint density at radius 2 is 2.33 bits per heavy atom. The molecule has 1 aliphatic rings. The SMILES string of the molecule is CN1CCCC1CCOc1ccc(CN)cc1F. The van der Waals surface area contributed by atoms with Crippen LogP contribution in [0.2, 0.25) is 0 Å². The lowest BCUT2D eigenvalue weighted by Gasteiger charge is -2.19. The molecule has 1 saturated heterocycles. The summed E-state index contributed by atoms with van der Waals surface area (Å²) in [6, 6.07) is 5.49. The van der Waals surface area contributed by atoms with Gasteiger partial charge in [0.2, 0.25) is 0 Å². The van der Waals surface area contributed by atoms with Crippen LogP contribution in [0.15, 0.2) is 18.2 Å². The van der Waals surface area contributed by atoms with Crippen molar-refractivity contribution in [1.82, 2.24) is 4.90 Å². The standard InChI is InChI=1S/C14H21FN2O/c1-17-7-2-3-12(17)6-8-18-14-5-4-11(10-16)9-13(14)15/h4-5,9,12H,2-3,6-8,10,16H2,1H3. The summed E-state index contributed by atoms with van der Waals surface area (Å²) < 4.78 is 19.1. The van der Waals surface area contributed by atoms with Gasteiger partial charge in [0.15, 0.2) is 11.6 Å². The summed E-state index contributed by atoms with van der Waals surface area (Å²) in [6.45, 7) is 2.07. The van der Waals surface area contributed by atoms with Crippen LogP contribution >= 0.6 is 0 Å². The van der Waals surface area contributed by atoms with Crippen molar-refractivity contribution in [1.29, 1.82) is 0 Å². The summed E-state index contributed by atoms with van der Waals surface area (Å²) in [5.74, 6) is 0.00516. The third kappa shape index (κ3) is 3.21. The zero-order chi connectivity index (χ0) is 13.0. The summed E-state index contributed by atoms with van der Waals surface area (Å²) in [6.07, 6.45) is 3.42. The van der Waals surface area contributed by atoms with Gasteiger partial charge in [-0.1, -0.05) is 6.07 Å². The molecule has 0 bridgehead atoms. The molecule has 1 fully saturated rings. The zero-order valence-electron chi connectivity index (χ0n) is 10.9. The molecule has 18 heavy (non-hydrogen) atoms. The van der Waals surface area contributed by atoms with Crippen LogP contribution < -0.4 is 10.5 Å². The van der Waals surface area contributed by atoms with E-state index in [2.05, 4.69) is 11.9 Å². The predicted octanol–water partition coefficient (Wildman–Crippen LogP) is 2.15. The third-order valence-corrected chi connectivity index (χ3v) is 3.61. The minimum absolute atomic E-state index is 0.322. The molecule has 0 radical (unpaired) electrons. The molecule has 1 atom stereocenters. The molecule has 4 heteroatoms. The van der Waals surface area contributed by atoms with E-state index in [0.717, 1.165) is 18.5 Å². The first-order valence-corrected chi connectivity index (χ1v) is 6.52. The first-order chi connectivity index (χ1) is 8.70. The number of benzene rings is 1. The van der Waals surface area contributed by atoms with Crippen molar-refractivity contribution >= 4 is 0 Å². The second-order valence-corrected chi connectivity index (χ2v) is 4.88. The average molecular weight is 252 g/mol. The maximum atomic E-state index is 13.6. The molecule has 1 aromatic carbocycles. The molecule has 0 amide bonds. The van der Waals surface area contributed by atoms with E-state index in [1.165, 1.54) is 18.9 Å². The average Bonchev–Trinajstić information content (AvgIpc) is 2.77. The van der Waals surface area contributed by atoms with Crippen molar-refractivity contribution < 1.29 is 9.13 Å². The van der Waals surface area contributed by atoms with Gasteiger partial charge in [0.25, 0.3) is 0 Å². The number of rotatable bonds is 5. The second kappa shape index (κ2) is 6.16. The highest BCUT2D eigenvalue weighted by Crippen LogP contribution is 2.21. The van der Waals surface area contributed by atoms with E-state index in [0.29, 0.717) is 24.9 Å². The molecule has 0 spiro atoms. The first kappa shape index (κ1) is 13.3. The molecule has 0 saturated carbocycles. The third-order valence-electron chi connectivity index (χ3n) is 3.61. The van der Waals surface area contributed by atoms with Crippen molar-refractivity contribution in [3.05, 3.63) is 29.6 Å². The van der Waals surface area contributed by atoms with Gasteiger partial charge in [-0.05, 0) is 50.6 Å². The quantitative estimate of drug-likeness (QED) is 0.872. The Hall–Kier alpha value is -1.13. The second-order valence-electron chi connectivity index (χ2n) is 4.88. The van der Waals surface area contributed by atoms with Crippen LogP contribution in [-0.2, 0) is 6.54 Å². The number of ether oxygens (including phenoxy) is 1. The van der Waals surface area contributed by atoms with E-state index in [4.69, 9.17) is 10.5 Å². The Morgan fingerprint density at radius 1 is 1.50 bits per heavy atom. The summed E-state index contributed by atoms with van der Waals surface area (Å²) in [5, 5.41) is 0. The Morgan fingerprint density at radius 3 is 2.94 bits per heavy atom. The molecule has 1 unspecified atom stereocenters. The smallest absolute Gasteiger partial charge is 0.165 e. The predicted molar refractivity (Wildman–Crippen MR) is 70.1 cm³/mol. The lowest BCUT2D eigenvalue weighted by Crippen LogP contribution is -2.26. The molecular formula is C14H21FN2O. The van der Waals surface area contributed by atoms with Crippen molar-refractivity contribution in [2.75, 3.05) is 20.2 Å². The topological polar surface area (TPSA) is 38.5 Å². The zero-order valence-corrected chi connectivity index (χ0v) is 10.9. The van der Waals surface area contributed by atoms with Crippen LogP contribution in [0.5, 0.6) is 5.75 Å². The molecule has 0 aliphatic carbocycles. The number of nitrogens with two attached hydrogens (primary N) is 1. The maximum Gasteiger partial charge on any atom is 0.165 e. The number of halogens is 1. The van der Waals surface area contributed by atoms with Gasteiger partial charge < -0.3 is 15.4 Å². The largest absolute Gasteiger partial charge is 0.490 e. The fourth-order valence-corrected chi connectivity index (χ4v) is 2.44. The monoisotopic (exact) mass is 252 g/mol. The highest BCUT2D eigenvalue weighted by Gasteiger charge is 2.20. The fraction of sp³-hybridized carbons (Fsp3) is 0.571. The normalized spacial score (nSPS) is 20.3. The molecular weight excluding hydrogens is 231 g/mol. The van der Waals surface area contributed by atoms with E-state index in [1.54, 1.807) is 12.1 Å². The number of nitrogens with zero attached hydrogens (tertiary/aromatic N) is 1. The summed E-state index contributed by atoms with van der Waals surface area (Å²) in [7, 11) is 2.13. The minimum Gasteiger partial charge on any atom is -0.490 e. The van der Waals surface area contributed by atoms with Crippen molar-refractivity contribution in [3.63, 3.8) is 0 Å². The van der Waals surface area contributed by atoms with Gasteiger partial charge in [-0.25, -0.2) is 4.39 Å². The van der Waals surface area contributed by atoms with Crippen molar-refractivity contribution in [2.45, 2.75) is 31.8 Å². The van der Waals surface area contributed by atoms with Gasteiger partial charge >= 0.3 is 0 Å². The summed E-state index contributed by atoms with van der Waals surface area (Å²) in [5.41, 5.74) is 6.24. The van der Waals surface area contributed by atoms with E-state index in [1.807, 2.05) is 0 Å². The molecule has 3 nitrogen and oxygen atoms in total. The Balaban J connectivity index is 1.83. The molecule has 1 heterocycles. The van der Waals surface area contributed by atoms with Crippen LogP contribution in [0.4, 0.5) is 4.39 Å². The Kier molecular flexibility index (Phi) is 4.55. The molecule has 2 rings (SSSR count). The van der Waals surface area contributed by atoms with Crippen molar-refractivity contribution in [3.8, 4) is 5.75 Å². The summed E-state index contributed by atoms with van der Waals surface area (Å²) >= 11 is 0. The van der Waals surface area contributed by atoms with E-state index >= 15 is 0 Å². The van der Waals surface area contributed by atoms with E-state index in [9.17, 15) is 4.39 Å². The number of hydrogen-bond acceptors (Lipinski definition) is 3. The van der Waals surface area contributed by atoms with Gasteiger partial charge in [0.05, 0.1) is 6.61 Å². The van der Waals surface area contributed by atoms with Crippen LogP contribution in [0, 0.1) is 5.82 Å². The Bertz CT molecular complexity index is 397. The Labute approximate surface area is 108 Å². The van der Waals surface area contributed by atoms with Crippen LogP contribution in [0.1, 0.15) is 24.8 Å². The highest BCUT2D eigenvalue weighted by molar-refractivity contribution is 5.29. The lowest BCUT2D eigenvalue weighted by molar-refractivity contribution is 0.228. The van der Waals surface area contributed by atoms with Gasteiger partial charge in [-0.15, -0.1) is 0 Å². The van der Waals surface area contributed by atoms with Gasteiger partial charge in [-0.3, -0.25) is 0 Å². The molecule has 1 aliphatic heterocycles. The molecule has 1 aromatic rings. The van der Waals surface area contributed by atoms with E-state index < -0.39 is 0 Å². The molecule has 100 valence electrons. The minimum atomic E-state index is -0.322. The van der Waals surface area contributed by atoms with Gasteiger partial charge in [0.1, 0.15) is 0 Å². The summed E-state index contributed by atoms with van der Waals surface area (Å²) in [4.78, 5) is 2.34. The maximum absolute atomic E-state index is 13.6.